The van der Waals surface area contributed by atoms with Crippen LogP contribution in [0.15, 0.2) is 35.3 Å². The Balaban J connectivity index is 2.15. The minimum absolute atomic E-state index is 0.357. The standard InChI is InChI=1S/C16H24N2/c1-11(2)9-13-12(3)18-8-7-17(6)14(18)16(5)10-15(13,16)4/h7-9,14H,10H2,1-6H3. The van der Waals surface area contributed by atoms with Gasteiger partial charge in [-0.3, -0.25) is 0 Å². The van der Waals surface area contributed by atoms with Crippen molar-refractivity contribution in [2.45, 2.75) is 47.2 Å². The lowest BCUT2D eigenvalue weighted by molar-refractivity contribution is 0.0940. The zero-order valence-corrected chi connectivity index (χ0v) is 12.4. The molecule has 3 aliphatic rings. The first-order chi connectivity index (χ1) is 8.31. The van der Waals surface area contributed by atoms with Crippen LogP contribution >= 0.6 is 0 Å². The fourth-order valence-corrected chi connectivity index (χ4v) is 4.15. The molecule has 0 spiro atoms. The Morgan fingerprint density at radius 2 is 2.00 bits per heavy atom. The van der Waals surface area contributed by atoms with E-state index in [1.54, 1.807) is 5.57 Å². The van der Waals surface area contributed by atoms with E-state index in [-0.39, 0.29) is 0 Å². The molecule has 3 rings (SSSR count). The predicted molar refractivity (Wildman–Crippen MR) is 75.5 cm³/mol. The Labute approximate surface area is 111 Å². The second-order valence-corrected chi connectivity index (χ2v) is 6.89. The number of hydrogen-bond donors (Lipinski definition) is 0. The lowest BCUT2D eigenvalue weighted by Gasteiger charge is -2.43. The smallest absolute Gasteiger partial charge is 0.111 e. The highest BCUT2D eigenvalue weighted by Crippen LogP contribution is 2.74. The minimum atomic E-state index is 0.357. The SMILES string of the molecule is CC(C)=CC1=C(C)N2C=CN(C)C2C2(C)CC12C. The molecule has 2 heteroatoms. The molecular weight excluding hydrogens is 220 g/mol. The van der Waals surface area contributed by atoms with Gasteiger partial charge in [0, 0.05) is 36.0 Å². The second-order valence-electron chi connectivity index (χ2n) is 6.89. The number of hydrogen-bond acceptors (Lipinski definition) is 2. The van der Waals surface area contributed by atoms with Crippen LogP contribution in [0.1, 0.15) is 41.0 Å². The van der Waals surface area contributed by atoms with E-state index in [2.05, 4.69) is 69.9 Å². The van der Waals surface area contributed by atoms with Crippen LogP contribution in [-0.2, 0) is 0 Å². The van der Waals surface area contributed by atoms with Crippen molar-refractivity contribution < 1.29 is 0 Å². The van der Waals surface area contributed by atoms with E-state index in [4.69, 9.17) is 0 Å². The first-order valence-corrected chi connectivity index (χ1v) is 6.86. The zero-order valence-electron chi connectivity index (χ0n) is 12.4. The molecule has 0 aromatic heterocycles. The van der Waals surface area contributed by atoms with Crippen LogP contribution in [0.25, 0.3) is 0 Å². The maximum absolute atomic E-state index is 2.46. The number of rotatable bonds is 1. The first-order valence-electron chi connectivity index (χ1n) is 6.86. The highest BCUT2D eigenvalue weighted by molar-refractivity contribution is 5.46. The number of fused-ring (bicyclic) bond motifs is 3. The topological polar surface area (TPSA) is 6.48 Å². The van der Waals surface area contributed by atoms with E-state index in [0.29, 0.717) is 17.0 Å². The molecule has 18 heavy (non-hydrogen) atoms. The quantitative estimate of drug-likeness (QED) is 0.694. The molecule has 0 aromatic rings. The molecule has 3 atom stereocenters. The third-order valence-corrected chi connectivity index (χ3v) is 5.34. The number of allylic oxidation sites excluding steroid dienone is 4. The lowest BCUT2D eigenvalue weighted by Crippen LogP contribution is -2.47. The molecule has 3 unspecified atom stereocenters. The van der Waals surface area contributed by atoms with Gasteiger partial charge < -0.3 is 9.80 Å². The van der Waals surface area contributed by atoms with Crippen LogP contribution in [0.4, 0.5) is 0 Å². The summed E-state index contributed by atoms with van der Waals surface area (Å²) < 4.78 is 0. The molecule has 2 nitrogen and oxygen atoms in total. The van der Waals surface area contributed by atoms with Crippen molar-refractivity contribution in [3.8, 4) is 0 Å². The molecule has 1 fully saturated rings. The maximum Gasteiger partial charge on any atom is 0.111 e. The molecule has 0 saturated heterocycles. The Hall–Kier alpha value is -1.18. The number of nitrogens with zero attached hydrogens (tertiary/aromatic N) is 2. The summed E-state index contributed by atoms with van der Waals surface area (Å²) in [4.78, 5) is 4.83. The van der Waals surface area contributed by atoms with Crippen LogP contribution in [0.3, 0.4) is 0 Å². The van der Waals surface area contributed by atoms with Crippen molar-refractivity contribution in [1.82, 2.24) is 9.80 Å². The molecule has 2 heterocycles. The zero-order chi connectivity index (χ0) is 13.3. The molecule has 0 bridgehead atoms. The fraction of sp³-hybridized carbons (Fsp3) is 0.625. The van der Waals surface area contributed by atoms with Crippen LogP contribution in [-0.4, -0.2) is 23.0 Å². The maximum atomic E-state index is 2.46. The van der Waals surface area contributed by atoms with Crippen LogP contribution in [0.2, 0.25) is 0 Å². The summed E-state index contributed by atoms with van der Waals surface area (Å²) in [6.07, 6.45) is 8.65. The molecule has 0 aromatic carbocycles. The Kier molecular flexibility index (Phi) is 2.13. The third-order valence-electron chi connectivity index (χ3n) is 5.34. The van der Waals surface area contributed by atoms with Gasteiger partial charge in [-0.05, 0) is 32.8 Å². The molecule has 2 aliphatic heterocycles. The van der Waals surface area contributed by atoms with E-state index in [0.717, 1.165) is 0 Å². The van der Waals surface area contributed by atoms with Crippen molar-refractivity contribution in [2.75, 3.05) is 7.05 Å². The van der Waals surface area contributed by atoms with E-state index in [1.165, 1.54) is 17.7 Å². The van der Waals surface area contributed by atoms with Crippen molar-refractivity contribution in [3.05, 3.63) is 35.3 Å². The van der Waals surface area contributed by atoms with Gasteiger partial charge in [-0.2, -0.15) is 0 Å². The second kappa shape index (κ2) is 3.23. The lowest BCUT2D eigenvalue weighted by atomic mass is 9.80. The monoisotopic (exact) mass is 244 g/mol. The van der Waals surface area contributed by atoms with Crippen molar-refractivity contribution in [2.24, 2.45) is 10.8 Å². The Morgan fingerprint density at radius 3 is 2.61 bits per heavy atom. The highest BCUT2D eigenvalue weighted by Gasteiger charge is 2.71. The molecule has 0 amide bonds. The Morgan fingerprint density at radius 1 is 1.33 bits per heavy atom. The third kappa shape index (κ3) is 1.19. The van der Waals surface area contributed by atoms with E-state index in [9.17, 15) is 0 Å². The van der Waals surface area contributed by atoms with E-state index >= 15 is 0 Å². The predicted octanol–water partition coefficient (Wildman–Crippen LogP) is 3.70. The molecular formula is C16H24N2. The average Bonchev–Trinajstić information content (AvgIpc) is 2.66. The van der Waals surface area contributed by atoms with Gasteiger partial charge in [0.15, 0.2) is 0 Å². The summed E-state index contributed by atoms with van der Waals surface area (Å²) in [6.45, 7) is 11.5. The van der Waals surface area contributed by atoms with Gasteiger partial charge >= 0.3 is 0 Å². The first kappa shape index (κ1) is 11.9. The summed E-state index contributed by atoms with van der Waals surface area (Å²) in [5.41, 5.74) is 5.11. The van der Waals surface area contributed by atoms with E-state index < -0.39 is 0 Å². The van der Waals surface area contributed by atoms with Crippen LogP contribution in [0, 0.1) is 10.8 Å². The van der Waals surface area contributed by atoms with Gasteiger partial charge in [-0.15, -0.1) is 0 Å². The molecule has 98 valence electrons. The van der Waals surface area contributed by atoms with Crippen LogP contribution in [0.5, 0.6) is 0 Å². The molecule has 1 saturated carbocycles. The van der Waals surface area contributed by atoms with Crippen LogP contribution < -0.4 is 0 Å². The van der Waals surface area contributed by atoms with E-state index in [1.807, 2.05) is 0 Å². The average molecular weight is 244 g/mol. The molecule has 1 aliphatic carbocycles. The normalized spacial score (nSPS) is 40.9. The van der Waals surface area contributed by atoms with Gasteiger partial charge in [0.05, 0.1) is 0 Å². The molecule has 0 N–H and O–H groups in total. The van der Waals surface area contributed by atoms with Crippen molar-refractivity contribution in [1.29, 1.82) is 0 Å². The van der Waals surface area contributed by atoms with Crippen molar-refractivity contribution in [3.63, 3.8) is 0 Å². The van der Waals surface area contributed by atoms with Gasteiger partial charge in [-0.1, -0.05) is 25.5 Å². The summed E-state index contributed by atoms with van der Waals surface area (Å²) >= 11 is 0. The summed E-state index contributed by atoms with van der Waals surface area (Å²) in [5, 5.41) is 0. The van der Waals surface area contributed by atoms with Gasteiger partial charge in [0.25, 0.3) is 0 Å². The molecule has 0 radical (unpaired) electrons. The fourth-order valence-electron chi connectivity index (χ4n) is 4.15. The van der Waals surface area contributed by atoms with Gasteiger partial charge in [0.1, 0.15) is 6.17 Å². The summed E-state index contributed by atoms with van der Waals surface area (Å²) in [5.74, 6) is 0. The van der Waals surface area contributed by atoms with Gasteiger partial charge in [0.2, 0.25) is 0 Å². The highest BCUT2D eigenvalue weighted by atomic mass is 15.4. The minimum Gasteiger partial charge on any atom is -0.358 e. The Bertz CT molecular complexity index is 495. The van der Waals surface area contributed by atoms with Gasteiger partial charge in [-0.25, -0.2) is 0 Å². The summed E-state index contributed by atoms with van der Waals surface area (Å²) in [6, 6.07) is 0. The van der Waals surface area contributed by atoms with Crippen molar-refractivity contribution >= 4 is 0 Å². The summed E-state index contributed by atoms with van der Waals surface area (Å²) in [7, 11) is 2.20. The largest absolute Gasteiger partial charge is 0.358 e.